The standard InChI is InChI=1S/C40H44N4O5S/c1-3-4-5-6-7-8-9-10-11-12-13-14-15-16-17-18-19-20-24-40(46)49-38-30-27-35(32-37(38)33(2)45)43-42-34-25-28-36(29-26-34)50(47,48)44-39-23-21-22-31-41-39/h4-5,7-8,10-11,13-14,16-17,19-23,25-32H,3,6,9,12,15,18,24H2,1-2H3,(H,41,44)/b5-4-,8-7-,11-10-,14-13-,17-16-,20-19-,43-42?. The van der Waals surface area contributed by atoms with E-state index in [9.17, 15) is 18.0 Å². The third-order valence-corrected chi connectivity index (χ3v) is 8.15. The largest absolute Gasteiger partial charge is 0.426 e. The molecule has 0 saturated carbocycles. The quantitative estimate of drug-likeness (QED) is 0.0413. The lowest BCUT2D eigenvalue weighted by Crippen LogP contribution is -2.13. The van der Waals surface area contributed by atoms with Crippen LogP contribution in [-0.2, 0) is 14.8 Å². The smallest absolute Gasteiger partial charge is 0.315 e. The fourth-order valence-corrected chi connectivity index (χ4v) is 5.25. The first kappa shape index (κ1) is 39.0. The number of carbonyl (C=O) groups excluding carboxylic acids is 2. The Balaban J connectivity index is 1.41. The number of anilines is 1. The molecule has 2 aromatic carbocycles. The van der Waals surface area contributed by atoms with Crippen molar-refractivity contribution in [2.24, 2.45) is 10.2 Å². The molecule has 1 aromatic heterocycles. The molecule has 0 radical (unpaired) electrons. The minimum Gasteiger partial charge on any atom is -0.426 e. The number of hydrogen-bond acceptors (Lipinski definition) is 8. The molecule has 50 heavy (non-hydrogen) atoms. The van der Waals surface area contributed by atoms with E-state index in [0.29, 0.717) is 17.8 Å². The molecule has 1 heterocycles. The molecule has 0 spiro atoms. The number of esters is 1. The van der Waals surface area contributed by atoms with E-state index >= 15 is 0 Å². The van der Waals surface area contributed by atoms with E-state index in [4.69, 9.17) is 4.74 Å². The maximum Gasteiger partial charge on any atom is 0.315 e. The van der Waals surface area contributed by atoms with Gasteiger partial charge in [-0.2, -0.15) is 10.2 Å². The molecule has 10 heteroatoms. The van der Waals surface area contributed by atoms with Crippen LogP contribution < -0.4 is 9.46 Å². The summed E-state index contributed by atoms with van der Waals surface area (Å²) in [6, 6.07) is 15.3. The predicted molar refractivity (Wildman–Crippen MR) is 201 cm³/mol. The van der Waals surface area contributed by atoms with E-state index in [2.05, 4.69) is 81.5 Å². The van der Waals surface area contributed by atoms with E-state index in [1.165, 1.54) is 49.5 Å². The highest BCUT2D eigenvalue weighted by Gasteiger charge is 2.15. The highest BCUT2D eigenvalue weighted by Crippen LogP contribution is 2.27. The molecule has 0 bridgehead atoms. The van der Waals surface area contributed by atoms with Crippen LogP contribution in [0.25, 0.3) is 0 Å². The summed E-state index contributed by atoms with van der Waals surface area (Å²) in [5.41, 5.74) is 0.957. The Kier molecular flexibility index (Phi) is 17.3. The number of pyridine rings is 1. The molecule has 0 aliphatic rings. The van der Waals surface area contributed by atoms with Gasteiger partial charge in [0.2, 0.25) is 0 Å². The zero-order valence-corrected chi connectivity index (χ0v) is 29.3. The third-order valence-electron chi connectivity index (χ3n) is 6.78. The zero-order valence-electron chi connectivity index (χ0n) is 28.5. The van der Waals surface area contributed by atoms with Gasteiger partial charge in [-0.3, -0.25) is 14.3 Å². The van der Waals surface area contributed by atoms with Crippen molar-refractivity contribution in [2.75, 3.05) is 4.72 Å². The second-order valence-corrected chi connectivity index (χ2v) is 12.5. The lowest BCUT2D eigenvalue weighted by molar-refractivity contribution is -0.133. The average molecular weight is 693 g/mol. The lowest BCUT2D eigenvalue weighted by atomic mass is 10.1. The first-order valence-electron chi connectivity index (χ1n) is 16.5. The molecule has 0 aliphatic heterocycles. The molecule has 260 valence electrons. The van der Waals surface area contributed by atoms with Gasteiger partial charge in [0.05, 0.1) is 28.3 Å². The monoisotopic (exact) mass is 692 g/mol. The fourth-order valence-electron chi connectivity index (χ4n) is 4.24. The van der Waals surface area contributed by atoms with Gasteiger partial charge in [0, 0.05) is 6.20 Å². The summed E-state index contributed by atoms with van der Waals surface area (Å²) in [5, 5.41) is 8.30. The minimum absolute atomic E-state index is 0.0381. The van der Waals surface area contributed by atoms with Crippen LogP contribution in [0.1, 0.15) is 69.2 Å². The molecule has 0 fully saturated rings. The summed E-state index contributed by atoms with van der Waals surface area (Å²) in [4.78, 5) is 28.8. The maximum absolute atomic E-state index is 12.6. The maximum atomic E-state index is 12.6. The summed E-state index contributed by atoms with van der Waals surface area (Å²) in [6.07, 6.45) is 32.1. The molecule has 0 atom stereocenters. The zero-order chi connectivity index (χ0) is 35.9. The summed E-state index contributed by atoms with van der Waals surface area (Å²) < 4.78 is 33.1. The molecule has 3 rings (SSSR count). The summed E-state index contributed by atoms with van der Waals surface area (Å²) >= 11 is 0. The molecule has 3 aromatic rings. The molecular formula is C40H44N4O5S. The summed E-state index contributed by atoms with van der Waals surface area (Å²) in [6.45, 7) is 3.51. The number of aromatic nitrogens is 1. The van der Waals surface area contributed by atoms with E-state index in [1.807, 2.05) is 12.2 Å². The van der Waals surface area contributed by atoms with Crippen molar-refractivity contribution < 1.29 is 22.7 Å². The number of benzene rings is 2. The van der Waals surface area contributed by atoms with E-state index < -0.39 is 16.0 Å². The van der Waals surface area contributed by atoms with Gasteiger partial charge in [-0.05, 0) is 100 Å². The van der Waals surface area contributed by atoms with Crippen LogP contribution in [0.2, 0.25) is 0 Å². The van der Waals surface area contributed by atoms with E-state index in [1.54, 1.807) is 30.3 Å². The Morgan fingerprint density at radius 2 is 1.26 bits per heavy atom. The number of azo groups is 1. The van der Waals surface area contributed by atoms with Crippen LogP contribution in [0.5, 0.6) is 5.75 Å². The predicted octanol–water partition coefficient (Wildman–Crippen LogP) is 10.5. The number of sulfonamides is 1. The first-order chi connectivity index (χ1) is 24.3. The number of nitrogens with one attached hydrogen (secondary N) is 1. The summed E-state index contributed by atoms with van der Waals surface area (Å²) in [5.74, 6) is -0.439. The van der Waals surface area contributed by atoms with Crippen LogP contribution in [0, 0.1) is 0 Å². The summed E-state index contributed by atoms with van der Waals surface area (Å²) in [7, 11) is -3.82. The Morgan fingerprint density at radius 3 is 1.80 bits per heavy atom. The molecule has 1 N–H and O–H groups in total. The number of nitrogens with zero attached hydrogens (tertiary/aromatic N) is 3. The van der Waals surface area contributed by atoms with Crippen LogP contribution in [0.3, 0.4) is 0 Å². The molecule has 0 unspecified atom stereocenters. The number of Topliss-reactive ketones (excluding diaryl/α,β-unsaturated/α-hetero) is 1. The Hall–Kier alpha value is -5.48. The number of hydrogen-bond donors (Lipinski definition) is 1. The van der Waals surface area contributed by atoms with Crippen molar-refractivity contribution in [3.05, 3.63) is 145 Å². The van der Waals surface area contributed by atoms with Gasteiger partial charge in [0.15, 0.2) is 5.78 Å². The second-order valence-electron chi connectivity index (χ2n) is 10.8. The van der Waals surface area contributed by atoms with Crippen molar-refractivity contribution in [2.45, 2.75) is 63.7 Å². The van der Waals surface area contributed by atoms with Gasteiger partial charge in [-0.1, -0.05) is 85.9 Å². The van der Waals surface area contributed by atoms with Crippen LogP contribution >= 0.6 is 0 Å². The van der Waals surface area contributed by atoms with Gasteiger partial charge in [0.1, 0.15) is 11.6 Å². The topological polar surface area (TPSA) is 127 Å². The Morgan fingerprint density at radius 1 is 0.720 bits per heavy atom. The normalized spacial score (nSPS) is 12.5. The molecule has 0 aliphatic carbocycles. The molecule has 0 amide bonds. The number of rotatable bonds is 20. The van der Waals surface area contributed by atoms with Gasteiger partial charge >= 0.3 is 5.97 Å². The Labute approximate surface area is 295 Å². The van der Waals surface area contributed by atoms with Crippen molar-refractivity contribution in [3.63, 3.8) is 0 Å². The highest BCUT2D eigenvalue weighted by atomic mass is 32.2. The minimum atomic E-state index is -3.82. The second kappa shape index (κ2) is 22.2. The Bertz CT molecular complexity index is 1840. The van der Waals surface area contributed by atoms with Crippen molar-refractivity contribution in [1.29, 1.82) is 0 Å². The van der Waals surface area contributed by atoms with Crippen LogP contribution in [0.4, 0.5) is 17.2 Å². The highest BCUT2D eigenvalue weighted by molar-refractivity contribution is 7.92. The number of allylic oxidation sites excluding steroid dienone is 11. The molecule has 0 saturated heterocycles. The van der Waals surface area contributed by atoms with Gasteiger partial charge in [-0.15, -0.1) is 0 Å². The van der Waals surface area contributed by atoms with Gasteiger partial charge < -0.3 is 4.74 Å². The van der Waals surface area contributed by atoms with Crippen molar-refractivity contribution >= 4 is 39.0 Å². The third kappa shape index (κ3) is 15.2. The fraction of sp³-hybridized carbons (Fsp3) is 0.225. The van der Waals surface area contributed by atoms with Crippen molar-refractivity contribution in [3.8, 4) is 5.75 Å². The van der Waals surface area contributed by atoms with Gasteiger partial charge in [0.25, 0.3) is 10.0 Å². The number of carbonyl (C=O) groups is 2. The SMILES string of the molecule is CC/C=C\C/C=C\C/C=C\C/C=C\C/C=C\C/C=C\CC(=O)Oc1ccc(N=Nc2ccc(S(=O)(=O)Nc3ccccn3)cc2)cc1C(C)=O. The lowest BCUT2D eigenvalue weighted by Gasteiger charge is -2.08. The van der Waals surface area contributed by atoms with E-state index in [0.717, 1.165) is 32.1 Å². The molecular weight excluding hydrogens is 649 g/mol. The number of ketones is 1. The molecule has 9 nitrogen and oxygen atoms in total. The van der Waals surface area contributed by atoms with Crippen LogP contribution in [-0.4, -0.2) is 25.2 Å². The number of ether oxygens (including phenoxy) is 1. The first-order valence-corrected chi connectivity index (χ1v) is 18.0. The van der Waals surface area contributed by atoms with Crippen LogP contribution in [0.15, 0.2) is 155 Å². The van der Waals surface area contributed by atoms with Crippen molar-refractivity contribution in [1.82, 2.24) is 4.98 Å². The van der Waals surface area contributed by atoms with E-state index in [-0.39, 0.29) is 34.2 Å². The van der Waals surface area contributed by atoms with Gasteiger partial charge in [-0.25, -0.2) is 13.4 Å². The average Bonchev–Trinajstić information content (AvgIpc) is 3.11.